The van der Waals surface area contributed by atoms with Crippen LogP contribution in [0.25, 0.3) is 0 Å². The maximum atomic E-state index is 10.9. The maximum absolute atomic E-state index is 10.9. The molecule has 5 nitrogen and oxygen atoms in total. The minimum Gasteiger partial charge on any atom is -0.327 e. The normalized spacial score (nSPS) is 21.6. The van der Waals surface area contributed by atoms with E-state index in [0.29, 0.717) is 12.6 Å². The largest absolute Gasteiger partial charge is 0.327 e. The lowest BCUT2D eigenvalue weighted by molar-refractivity contribution is -0.385. The van der Waals surface area contributed by atoms with Gasteiger partial charge in [-0.05, 0) is 37.9 Å². The predicted octanol–water partition coefficient (Wildman–Crippen LogP) is 3.06. The summed E-state index contributed by atoms with van der Waals surface area (Å²) in [7, 11) is 0. The number of hydrogen-bond acceptors (Lipinski definition) is 4. The van der Waals surface area contributed by atoms with Gasteiger partial charge in [0.2, 0.25) is 0 Å². The van der Waals surface area contributed by atoms with Crippen LogP contribution in [0.5, 0.6) is 0 Å². The Bertz CT molecular complexity index is 493. The molecular weight excluding hydrogens is 322 g/mol. The van der Waals surface area contributed by atoms with E-state index in [1.165, 1.54) is 18.9 Å². The second-order valence-corrected chi connectivity index (χ2v) is 6.38. The lowest BCUT2D eigenvalue weighted by atomic mass is 9.96. The van der Waals surface area contributed by atoms with Gasteiger partial charge in [0.25, 0.3) is 5.69 Å². The first-order valence-electron chi connectivity index (χ1n) is 6.91. The number of piperidine rings is 1. The molecule has 2 atom stereocenters. The van der Waals surface area contributed by atoms with E-state index >= 15 is 0 Å². The van der Waals surface area contributed by atoms with Crippen LogP contribution in [0.2, 0.25) is 0 Å². The topological polar surface area (TPSA) is 72.4 Å². The van der Waals surface area contributed by atoms with Gasteiger partial charge in [-0.3, -0.25) is 15.0 Å². The van der Waals surface area contributed by atoms with E-state index in [1.54, 1.807) is 6.07 Å². The van der Waals surface area contributed by atoms with Crippen molar-refractivity contribution in [1.82, 2.24) is 4.90 Å². The number of non-ortho nitro benzene ring substituents is 1. The molecule has 1 aliphatic rings. The Morgan fingerprint density at radius 1 is 1.50 bits per heavy atom. The van der Waals surface area contributed by atoms with Crippen molar-refractivity contribution in [2.45, 2.75) is 44.8 Å². The molecule has 0 radical (unpaired) electrons. The van der Waals surface area contributed by atoms with Crippen LogP contribution < -0.4 is 5.73 Å². The minimum atomic E-state index is -0.354. The molecule has 0 amide bonds. The number of nitrogens with zero attached hydrogens (tertiary/aromatic N) is 2. The highest BCUT2D eigenvalue weighted by molar-refractivity contribution is 9.10. The summed E-state index contributed by atoms with van der Waals surface area (Å²) in [5, 5.41) is 10.9. The molecule has 6 heteroatoms. The standard InChI is InChI=1S/C14H20BrN3O2/c1-10(16)14-4-2-3-5-17(14)9-11-6-12(15)8-13(7-11)18(19)20/h6-8,10,14H,2-5,9,16H2,1H3. The van der Waals surface area contributed by atoms with E-state index in [-0.39, 0.29) is 16.7 Å². The third-order valence-corrected chi connectivity index (χ3v) is 4.27. The van der Waals surface area contributed by atoms with Crippen molar-refractivity contribution in [3.8, 4) is 0 Å². The summed E-state index contributed by atoms with van der Waals surface area (Å²) in [6.07, 6.45) is 3.48. The van der Waals surface area contributed by atoms with Gasteiger partial charge in [0.05, 0.1) is 4.92 Å². The van der Waals surface area contributed by atoms with Crippen molar-refractivity contribution in [3.63, 3.8) is 0 Å². The summed E-state index contributed by atoms with van der Waals surface area (Å²) in [6.45, 7) is 3.76. The van der Waals surface area contributed by atoms with E-state index in [4.69, 9.17) is 5.73 Å². The number of nitro groups is 1. The summed E-state index contributed by atoms with van der Waals surface area (Å²) in [5.41, 5.74) is 7.15. The van der Waals surface area contributed by atoms with E-state index < -0.39 is 0 Å². The van der Waals surface area contributed by atoms with Gasteiger partial charge in [-0.15, -0.1) is 0 Å². The molecule has 2 N–H and O–H groups in total. The van der Waals surface area contributed by atoms with Gasteiger partial charge in [0.1, 0.15) is 0 Å². The first kappa shape index (κ1) is 15.4. The fourth-order valence-corrected chi connectivity index (χ4v) is 3.40. The smallest absolute Gasteiger partial charge is 0.270 e. The Hall–Kier alpha value is -0.980. The lowest BCUT2D eigenvalue weighted by Crippen LogP contribution is -2.48. The summed E-state index contributed by atoms with van der Waals surface area (Å²) < 4.78 is 0.746. The lowest BCUT2D eigenvalue weighted by Gasteiger charge is -2.38. The molecule has 1 aromatic carbocycles. The summed E-state index contributed by atoms with van der Waals surface area (Å²) in [5.74, 6) is 0. The van der Waals surface area contributed by atoms with Gasteiger partial charge >= 0.3 is 0 Å². The number of rotatable bonds is 4. The van der Waals surface area contributed by atoms with Crippen LogP contribution in [-0.4, -0.2) is 28.5 Å². The van der Waals surface area contributed by atoms with Crippen LogP contribution in [0.3, 0.4) is 0 Å². The van der Waals surface area contributed by atoms with E-state index in [1.807, 2.05) is 13.0 Å². The van der Waals surface area contributed by atoms with Crippen molar-refractivity contribution in [1.29, 1.82) is 0 Å². The molecule has 1 aliphatic heterocycles. The average Bonchev–Trinajstić information content (AvgIpc) is 2.38. The molecule has 1 fully saturated rings. The van der Waals surface area contributed by atoms with Gasteiger partial charge in [-0.1, -0.05) is 22.4 Å². The molecule has 1 aromatic rings. The average molecular weight is 342 g/mol. The van der Waals surface area contributed by atoms with Crippen molar-refractivity contribution >= 4 is 21.6 Å². The zero-order valence-corrected chi connectivity index (χ0v) is 13.2. The quantitative estimate of drug-likeness (QED) is 0.674. The fourth-order valence-electron chi connectivity index (χ4n) is 2.87. The molecule has 110 valence electrons. The Morgan fingerprint density at radius 3 is 2.90 bits per heavy atom. The number of hydrogen-bond donors (Lipinski definition) is 1. The summed E-state index contributed by atoms with van der Waals surface area (Å²) >= 11 is 3.34. The monoisotopic (exact) mass is 341 g/mol. The van der Waals surface area contributed by atoms with Crippen molar-refractivity contribution in [2.75, 3.05) is 6.54 Å². The second kappa shape index (κ2) is 6.65. The number of halogens is 1. The van der Waals surface area contributed by atoms with Crippen LogP contribution in [-0.2, 0) is 6.54 Å². The van der Waals surface area contributed by atoms with Gasteiger partial charge in [0, 0.05) is 35.2 Å². The number of nitro benzene ring substituents is 1. The first-order valence-corrected chi connectivity index (χ1v) is 7.70. The Labute approximate surface area is 127 Å². The molecule has 2 unspecified atom stereocenters. The Kier molecular flexibility index (Phi) is 5.12. The molecular formula is C14H20BrN3O2. The number of benzene rings is 1. The van der Waals surface area contributed by atoms with Gasteiger partial charge in [-0.2, -0.15) is 0 Å². The molecule has 2 rings (SSSR count). The van der Waals surface area contributed by atoms with Crippen LogP contribution in [0, 0.1) is 10.1 Å². The van der Waals surface area contributed by atoms with Crippen molar-refractivity contribution in [3.05, 3.63) is 38.3 Å². The van der Waals surface area contributed by atoms with Gasteiger partial charge in [0.15, 0.2) is 0 Å². The summed E-state index contributed by atoms with van der Waals surface area (Å²) in [6, 6.07) is 5.61. The van der Waals surface area contributed by atoms with Crippen molar-refractivity contribution in [2.24, 2.45) is 5.73 Å². The molecule has 0 bridgehead atoms. The Balaban J connectivity index is 2.17. The van der Waals surface area contributed by atoms with Crippen LogP contribution in [0.15, 0.2) is 22.7 Å². The molecule has 0 aliphatic carbocycles. The van der Waals surface area contributed by atoms with Crippen molar-refractivity contribution < 1.29 is 4.92 Å². The van der Waals surface area contributed by atoms with Crippen LogP contribution >= 0.6 is 15.9 Å². The Morgan fingerprint density at radius 2 is 2.25 bits per heavy atom. The predicted molar refractivity (Wildman–Crippen MR) is 82.5 cm³/mol. The first-order chi connectivity index (χ1) is 9.47. The van der Waals surface area contributed by atoms with E-state index in [2.05, 4.69) is 20.8 Å². The zero-order chi connectivity index (χ0) is 14.7. The molecule has 0 aromatic heterocycles. The second-order valence-electron chi connectivity index (χ2n) is 5.47. The van der Waals surface area contributed by atoms with Gasteiger partial charge < -0.3 is 5.73 Å². The summed E-state index contributed by atoms with van der Waals surface area (Å²) in [4.78, 5) is 12.9. The highest BCUT2D eigenvalue weighted by Gasteiger charge is 2.25. The molecule has 0 spiro atoms. The number of nitrogens with two attached hydrogens (primary N) is 1. The third kappa shape index (κ3) is 3.77. The highest BCUT2D eigenvalue weighted by atomic mass is 79.9. The van der Waals surface area contributed by atoms with E-state index in [9.17, 15) is 10.1 Å². The van der Waals surface area contributed by atoms with Crippen LogP contribution in [0.4, 0.5) is 5.69 Å². The molecule has 1 heterocycles. The third-order valence-electron chi connectivity index (χ3n) is 3.81. The number of likely N-dealkylation sites (tertiary alicyclic amines) is 1. The fraction of sp³-hybridized carbons (Fsp3) is 0.571. The maximum Gasteiger partial charge on any atom is 0.270 e. The highest BCUT2D eigenvalue weighted by Crippen LogP contribution is 2.25. The molecule has 0 saturated carbocycles. The molecule has 1 saturated heterocycles. The van der Waals surface area contributed by atoms with Crippen LogP contribution in [0.1, 0.15) is 31.7 Å². The SMILES string of the molecule is CC(N)C1CCCCN1Cc1cc(Br)cc([N+](=O)[O-])c1. The molecule has 20 heavy (non-hydrogen) atoms. The zero-order valence-electron chi connectivity index (χ0n) is 11.6. The minimum absolute atomic E-state index is 0.123. The van der Waals surface area contributed by atoms with E-state index in [0.717, 1.165) is 23.0 Å². The van der Waals surface area contributed by atoms with Gasteiger partial charge in [-0.25, -0.2) is 0 Å².